The van der Waals surface area contributed by atoms with E-state index in [-0.39, 0.29) is 16.6 Å². The Labute approximate surface area is 189 Å². The van der Waals surface area contributed by atoms with Crippen LogP contribution in [0.5, 0.6) is 11.5 Å². The number of nitrogens with zero attached hydrogens (tertiary/aromatic N) is 3. The lowest BCUT2D eigenvalue weighted by Crippen LogP contribution is -2.17. The lowest BCUT2D eigenvalue weighted by molar-refractivity contribution is -0.137. The molecule has 32 heavy (non-hydrogen) atoms. The average Bonchev–Trinajstić information content (AvgIpc) is 3.12. The molecular weight excluding hydrogens is 471 g/mol. The molecule has 0 bridgehead atoms. The maximum absolute atomic E-state index is 13.0. The summed E-state index contributed by atoms with van der Waals surface area (Å²) in [6, 6.07) is 8.19. The van der Waals surface area contributed by atoms with E-state index >= 15 is 0 Å². The molecule has 0 spiro atoms. The summed E-state index contributed by atoms with van der Waals surface area (Å²) < 4.78 is 50.5. The first-order chi connectivity index (χ1) is 15.1. The maximum Gasteiger partial charge on any atom is 0.417 e. The Morgan fingerprint density at radius 1 is 1.16 bits per heavy atom. The summed E-state index contributed by atoms with van der Waals surface area (Å²) in [7, 11) is 3.00. The number of carbonyl (C=O) groups excluding carboxylic acids is 1. The fourth-order valence-electron chi connectivity index (χ4n) is 2.70. The number of anilines is 1. The largest absolute Gasteiger partial charge is 0.493 e. The summed E-state index contributed by atoms with van der Waals surface area (Å²) in [6.07, 6.45) is -4.64. The van der Waals surface area contributed by atoms with Crippen molar-refractivity contribution < 1.29 is 27.4 Å². The minimum Gasteiger partial charge on any atom is -0.493 e. The van der Waals surface area contributed by atoms with Crippen LogP contribution in [0.15, 0.2) is 41.6 Å². The zero-order valence-electron chi connectivity index (χ0n) is 16.7. The molecule has 170 valence electrons. The number of rotatable bonds is 7. The summed E-state index contributed by atoms with van der Waals surface area (Å²) in [5, 5.41) is 10.2. The third-order valence-corrected chi connectivity index (χ3v) is 5.47. The van der Waals surface area contributed by atoms with Gasteiger partial charge in [0.2, 0.25) is 11.1 Å². The monoisotopic (exact) mass is 487 g/mol. The van der Waals surface area contributed by atoms with Crippen LogP contribution in [0.25, 0.3) is 11.4 Å². The molecule has 2 aromatic carbocycles. The van der Waals surface area contributed by atoms with E-state index in [1.165, 1.54) is 25.0 Å². The molecule has 1 aromatic heterocycles. The first-order valence-electron chi connectivity index (χ1n) is 8.86. The van der Waals surface area contributed by atoms with Gasteiger partial charge in [-0.15, -0.1) is 10.2 Å². The SMILES string of the molecule is COc1ccc(-c2nnc(SCC(=O)Nc3ccc(Cl)c(C(F)(F)F)c3)n2N)cc1OC. The summed E-state index contributed by atoms with van der Waals surface area (Å²) in [6.45, 7) is 0. The van der Waals surface area contributed by atoms with Crippen molar-refractivity contribution >= 4 is 35.0 Å². The van der Waals surface area contributed by atoms with Gasteiger partial charge in [-0.05, 0) is 36.4 Å². The van der Waals surface area contributed by atoms with Crippen molar-refractivity contribution in [3.8, 4) is 22.9 Å². The van der Waals surface area contributed by atoms with Crippen molar-refractivity contribution in [3.63, 3.8) is 0 Å². The minimum atomic E-state index is -4.64. The lowest BCUT2D eigenvalue weighted by Gasteiger charge is -2.11. The topological polar surface area (TPSA) is 104 Å². The number of methoxy groups -OCH3 is 2. The molecule has 0 radical (unpaired) electrons. The number of benzene rings is 2. The molecule has 0 aliphatic carbocycles. The van der Waals surface area contributed by atoms with Crippen LogP contribution in [0.3, 0.4) is 0 Å². The molecule has 0 saturated heterocycles. The molecule has 1 amide bonds. The van der Waals surface area contributed by atoms with Crippen LogP contribution in [-0.2, 0) is 11.0 Å². The van der Waals surface area contributed by atoms with Crippen LogP contribution in [-0.4, -0.2) is 40.8 Å². The Morgan fingerprint density at radius 3 is 2.53 bits per heavy atom. The van der Waals surface area contributed by atoms with Gasteiger partial charge in [-0.25, -0.2) is 4.68 Å². The van der Waals surface area contributed by atoms with Crippen LogP contribution in [0.1, 0.15) is 5.56 Å². The number of halogens is 4. The molecule has 13 heteroatoms. The number of amides is 1. The van der Waals surface area contributed by atoms with Gasteiger partial charge in [-0.2, -0.15) is 13.2 Å². The van der Waals surface area contributed by atoms with Gasteiger partial charge in [-0.3, -0.25) is 4.79 Å². The van der Waals surface area contributed by atoms with E-state index in [1.54, 1.807) is 18.2 Å². The highest BCUT2D eigenvalue weighted by Crippen LogP contribution is 2.36. The van der Waals surface area contributed by atoms with Crippen molar-refractivity contribution in [1.82, 2.24) is 14.9 Å². The van der Waals surface area contributed by atoms with E-state index in [4.69, 9.17) is 26.9 Å². The third-order valence-electron chi connectivity index (χ3n) is 4.19. The number of alkyl halides is 3. The van der Waals surface area contributed by atoms with E-state index in [1.807, 2.05) is 0 Å². The highest BCUT2D eigenvalue weighted by molar-refractivity contribution is 7.99. The average molecular weight is 488 g/mol. The third kappa shape index (κ3) is 5.19. The highest BCUT2D eigenvalue weighted by atomic mass is 35.5. The minimum absolute atomic E-state index is 0.0347. The number of ether oxygens (including phenoxy) is 2. The van der Waals surface area contributed by atoms with Gasteiger partial charge < -0.3 is 20.6 Å². The normalized spacial score (nSPS) is 11.3. The first kappa shape index (κ1) is 23.5. The summed E-state index contributed by atoms with van der Waals surface area (Å²) in [4.78, 5) is 12.2. The zero-order chi connectivity index (χ0) is 23.5. The standard InChI is InChI=1S/C19H17ClF3N5O3S/c1-30-14-6-3-10(7-15(14)31-2)17-26-27-18(28(17)24)32-9-16(29)25-11-4-5-13(20)12(8-11)19(21,22)23/h3-8H,9,24H2,1-2H3,(H,25,29). The first-order valence-corrected chi connectivity index (χ1v) is 10.2. The van der Waals surface area contributed by atoms with Crippen molar-refractivity contribution in [2.24, 2.45) is 0 Å². The van der Waals surface area contributed by atoms with Crippen LogP contribution >= 0.6 is 23.4 Å². The quantitative estimate of drug-likeness (QED) is 0.382. The van der Waals surface area contributed by atoms with E-state index in [0.29, 0.717) is 22.9 Å². The predicted octanol–water partition coefficient (Wildman–Crippen LogP) is 4.08. The van der Waals surface area contributed by atoms with Gasteiger partial charge in [0.15, 0.2) is 17.3 Å². The number of thioether (sulfide) groups is 1. The molecule has 3 rings (SSSR count). The molecule has 3 N–H and O–H groups in total. The predicted molar refractivity (Wildman–Crippen MR) is 115 cm³/mol. The molecule has 0 aliphatic heterocycles. The van der Waals surface area contributed by atoms with Gasteiger partial charge in [0.1, 0.15) is 0 Å². The fourth-order valence-corrected chi connectivity index (χ4v) is 3.58. The Bertz CT molecular complexity index is 1140. The molecule has 0 unspecified atom stereocenters. The van der Waals surface area contributed by atoms with Crippen LogP contribution in [0.4, 0.5) is 18.9 Å². The van der Waals surface area contributed by atoms with E-state index in [9.17, 15) is 18.0 Å². The maximum atomic E-state index is 13.0. The van der Waals surface area contributed by atoms with E-state index < -0.39 is 22.7 Å². The molecule has 3 aromatic rings. The summed E-state index contributed by atoms with van der Waals surface area (Å²) in [5.41, 5.74) is -0.465. The molecule has 0 saturated carbocycles. The molecule has 8 nitrogen and oxygen atoms in total. The molecular formula is C19H17ClF3N5O3S. The van der Waals surface area contributed by atoms with Gasteiger partial charge in [-0.1, -0.05) is 23.4 Å². The number of carbonyl (C=O) groups is 1. The number of nitrogen functional groups attached to an aromatic ring is 1. The van der Waals surface area contributed by atoms with Gasteiger partial charge in [0, 0.05) is 11.3 Å². The summed E-state index contributed by atoms with van der Waals surface area (Å²) in [5.74, 6) is 6.66. The van der Waals surface area contributed by atoms with Crippen molar-refractivity contribution in [2.75, 3.05) is 31.1 Å². The van der Waals surface area contributed by atoms with Crippen LogP contribution in [0, 0.1) is 0 Å². The van der Waals surface area contributed by atoms with E-state index in [2.05, 4.69) is 15.5 Å². The van der Waals surface area contributed by atoms with Gasteiger partial charge in [0.25, 0.3) is 0 Å². The summed E-state index contributed by atoms with van der Waals surface area (Å²) >= 11 is 6.55. The van der Waals surface area contributed by atoms with Crippen LogP contribution in [0.2, 0.25) is 5.02 Å². The number of nitrogens with two attached hydrogens (primary N) is 1. The van der Waals surface area contributed by atoms with Gasteiger partial charge in [0.05, 0.1) is 30.6 Å². The van der Waals surface area contributed by atoms with Crippen LogP contribution < -0.4 is 20.6 Å². The molecule has 0 atom stereocenters. The number of hydrogen-bond acceptors (Lipinski definition) is 7. The highest BCUT2D eigenvalue weighted by Gasteiger charge is 2.33. The number of hydrogen-bond donors (Lipinski definition) is 2. The second kappa shape index (κ2) is 9.57. The Kier molecular flexibility index (Phi) is 7.04. The molecule has 1 heterocycles. The van der Waals surface area contributed by atoms with Crippen molar-refractivity contribution in [2.45, 2.75) is 11.3 Å². The Balaban J connectivity index is 1.69. The second-order valence-electron chi connectivity index (χ2n) is 6.28. The van der Waals surface area contributed by atoms with Crippen molar-refractivity contribution in [1.29, 1.82) is 0 Å². The second-order valence-corrected chi connectivity index (χ2v) is 7.62. The molecule has 0 aliphatic rings. The Hall–Kier alpha value is -3.12. The smallest absolute Gasteiger partial charge is 0.417 e. The van der Waals surface area contributed by atoms with E-state index in [0.717, 1.165) is 23.9 Å². The fraction of sp³-hybridized carbons (Fsp3) is 0.211. The number of nitrogens with one attached hydrogen (secondary N) is 1. The Morgan fingerprint density at radius 2 is 1.88 bits per heavy atom. The molecule has 0 fully saturated rings. The lowest BCUT2D eigenvalue weighted by atomic mass is 10.2. The van der Waals surface area contributed by atoms with Crippen molar-refractivity contribution in [3.05, 3.63) is 47.0 Å². The zero-order valence-corrected chi connectivity index (χ0v) is 18.3. The number of aromatic nitrogens is 3. The van der Waals surface area contributed by atoms with Gasteiger partial charge >= 0.3 is 6.18 Å².